The molecule has 0 aromatic heterocycles. The molecule has 97 valence electrons. The summed E-state index contributed by atoms with van der Waals surface area (Å²) < 4.78 is 0. The molecule has 0 heterocycles. The smallest absolute Gasteiger partial charge is 0.222 e. The summed E-state index contributed by atoms with van der Waals surface area (Å²) in [6.45, 7) is 4.48. The molecule has 0 aromatic rings. The molecule has 0 aliphatic carbocycles. The molecule has 0 fully saturated rings. The molecule has 2 heteroatoms. The highest BCUT2D eigenvalue weighted by molar-refractivity contribution is 6.49. The van der Waals surface area contributed by atoms with Crippen molar-refractivity contribution in [3.05, 3.63) is 0 Å². The molecule has 0 unspecified atom stereocenters. The Morgan fingerprint density at radius 3 is 1.38 bits per heavy atom. The van der Waals surface area contributed by atoms with Crippen molar-refractivity contribution in [2.24, 2.45) is 0 Å². The molecule has 0 N–H and O–H groups in total. The van der Waals surface area contributed by atoms with E-state index < -0.39 is 9.04 Å². The van der Waals surface area contributed by atoms with Gasteiger partial charge in [-0.15, -0.1) is 0 Å². The Bertz CT molecular complexity index is 114. The SMILES string of the molecule is CCCCCCC[SiH]([O])CCCCCCC. The second-order valence-corrected chi connectivity index (χ2v) is 7.43. The summed E-state index contributed by atoms with van der Waals surface area (Å²) in [7, 11) is -1.56. The van der Waals surface area contributed by atoms with Crippen molar-refractivity contribution < 1.29 is 4.80 Å². The first-order chi connectivity index (χ1) is 7.81. The minimum atomic E-state index is -1.56. The van der Waals surface area contributed by atoms with Gasteiger partial charge in [-0.1, -0.05) is 78.1 Å². The number of hydrogen-bond donors (Lipinski definition) is 0. The lowest BCUT2D eigenvalue weighted by molar-refractivity contribution is 0.436. The normalized spacial score (nSPS) is 11.2. The standard InChI is InChI=1S/C14H31OSi/c1-3-5-7-9-11-13-16(15)14-12-10-8-6-4-2/h16H,3-14H2,1-2H3. The monoisotopic (exact) mass is 243 g/mol. The van der Waals surface area contributed by atoms with E-state index in [-0.39, 0.29) is 0 Å². The molecule has 0 aliphatic rings. The van der Waals surface area contributed by atoms with Crippen LogP contribution in [0.4, 0.5) is 0 Å². The second-order valence-electron chi connectivity index (χ2n) is 5.03. The lowest BCUT2D eigenvalue weighted by atomic mass is 10.2. The van der Waals surface area contributed by atoms with E-state index in [0.717, 1.165) is 12.1 Å². The van der Waals surface area contributed by atoms with Gasteiger partial charge in [0.1, 0.15) is 0 Å². The predicted octanol–water partition coefficient (Wildman–Crippen LogP) is 5.08. The molecule has 0 spiro atoms. The summed E-state index contributed by atoms with van der Waals surface area (Å²) >= 11 is 0. The van der Waals surface area contributed by atoms with Gasteiger partial charge in [0.15, 0.2) is 0 Å². The van der Waals surface area contributed by atoms with E-state index in [1.54, 1.807) is 0 Å². The molecule has 0 aromatic carbocycles. The highest BCUT2D eigenvalue weighted by Gasteiger charge is 2.08. The summed E-state index contributed by atoms with van der Waals surface area (Å²) in [5, 5.41) is 0. The fraction of sp³-hybridized carbons (Fsp3) is 1.00. The van der Waals surface area contributed by atoms with Crippen molar-refractivity contribution in [3.8, 4) is 0 Å². The van der Waals surface area contributed by atoms with E-state index in [2.05, 4.69) is 13.8 Å². The van der Waals surface area contributed by atoms with Crippen LogP contribution in [0.5, 0.6) is 0 Å². The Kier molecular flexibility index (Phi) is 13.4. The Labute approximate surface area is 104 Å². The topological polar surface area (TPSA) is 19.9 Å². The van der Waals surface area contributed by atoms with Crippen LogP contribution in [0.2, 0.25) is 12.1 Å². The van der Waals surface area contributed by atoms with Crippen molar-refractivity contribution in [1.29, 1.82) is 0 Å². The van der Waals surface area contributed by atoms with Crippen molar-refractivity contribution in [2.75, 3.05) is 0 Å². The molecule has 1 nitrogen and oxygen atoms in total. The highest BCUT2D eigenvalue weighted by atomic mass is 28.3. The van der Waals surface area contributed by atoms with Crippen LogP contribution in [0.1, 0.15) is 78.1 Å². The van der Waals surface area contributed by atoms with E-state index in [4.69, 9.17) is 0 Å². The molecule has 0 atom stereocenters. The van der Waals surface area contributed by atoms with Gasteiger partial charge in [0.05, 0.1) is 0 Å². The van der Waals surface area contributed by atoms with Gasteiger partial charge in [0.2, 0.25) is 9.04 Å². The summed E-state index contributed by atoms with van der Waals surface area (Å²) in [6, 6.07) is 2.11. The lowest BCUT2D eigenvalue weighted by Crippen LogP contribution is -2.08. The lowest BCUT2D eigenvalue weighted by Gasteiger charge is -2.06. The second kappa shape index (κ2) is 13.2. The Morgan fingerprint density at radius 2 is 1.00 bits per heavy atom. The molecule has 0 saturated carbocycles. The Balaban J connectivity index is 3.09. The maximum absolute atomic E-state index is 11.7. The summed E-state index contributed by atoms with van der Waals surface area (Å²) in [5.74, 6) is 0. The highest BCUT2D eigenvalue weighted by Crippen LogP contribution is 2.12. The zero-order valence-electron chi connectivity index (χ0n) is 11.5. The average Bonchev–Trinajstić information content (AvgIpc) is 2.28. The molecule has 0 saturated heterocycles. The van der Waals surface area contributed by atoms with E-state index in [1.807, 2.05) is 0 Å². The fourth-order valence-electron chi connectivity index (χ4n) is 2.10. The maximum atomic E-state index is 11.7. The summed E-state index contributed by atoms with van der Waals surface area (Å²) in [4.78, 5) is 11.7. The molecule has 0 aliphatic heterocycles. The number of unbranched alkanes of at least 4 members (excludes halogenated alkanes) is 8. The molecule has 16 heavy (non-hydrogen) atoms. The van der Waals surface area contributed by atoms with Crippen LogP contribution in [-0.4, -0.2) is 9.04 Å². The zero-order chi connectivity index (χ0) is 12.1. The Hall–Kier alpha value is 0.177. The van der Waals surface area contributed by atoms with Crippen molar-refractivity contribution in [3.63, 3.8) is 0 Å². The molecule has 0 bridgehead atoms. The van der Waals surface area contributed by atoms with Crippen molar-refractivity contribution in [1.82, 2.24) is 0 Å². The fourth-order valence-corrected chi connectivity index (χ4v) is 3.87. The van der Waals surface area contributed by atoms with Gasteiger partial charge in [0, 0.05) is 0 Å². The van der Waals surface area contributed by atoms with Gasteiger partial charge in [-0.2, -0.15) is 0 Å². The van der Waals surface area contributed by atoms with Crippen LogP contribution in [0.15, 0.2) is 0 Å². The third-order valence-corrected chi connectivity index (χ3v) is 5.36. The van der Waals surface area contributed by atoms with Gasteiger partial charge in [0.25, 0.3) is 0 Å². The molecular formula is C14H31OSi. The van der Waals surface area contributed by atoms with E-state index in [1.165, 1.54) is 64.2 Å². The average molecular weight is 243 g/mol. The van der Waals surface area contributed by atoms with Crippen LogP contribution in [0.25, 0.3) is 0 Å². The molecule has 0 rings (SSSR count). The quantitative estimate of drug-likeness (QED) is 0.336. The first-order valence-electron chi connectivity index (χ1n) is 7.47. The van der Waals surface area contributed by atoms with Gasteiger partial charge in [-0.25, -0.2) is 0 Å². The predicted molar refractivity (Wildman–Crippen MR) is 75.0 cm³/mol. The third-order valence-electron chi connectivity index (χ3n) is 3.26. The van der Waals surface area contributed by atoms with Crippen molar-refractivity contribution >= 4 is 9.04 Å². The van der Waals surface area contributed by atoms with E-state index >= 15 is 0 Å². The van der Waals surface area contributed by atoms with Gasteiger partial charge in [-0.3, -0.25) is 0 Å². The maximum Gasteiger partial charge on any atom is 0.222 e. The minimum Gasteiger partial charge on any atom is -0.302 e. The number of rotatable bonds is 12. The third kappa shape index (κ3) is 12.2. The van der Waals surface area contributed by atoms with Gasteiger partial charge < -0.3 is 4.80 Å². The van der Waals surface area contributed by atoms with Crippen molar-refractivity contribution in [2.45, 2.75) is 90.1 Å². The largest absolute Gasteiger partial charge is 0.302 e. The molecular weight excluding hydrogens is 212 g/mol. The summed E-state index contributed by atoms with van der Waals surface area (Å²) in [5.41, 5.74) is 0. The van der Waals surface area contributed by atoms with E-state index in [9.17, 15) is 4.80 Å². The number of hydrogen-bond acceptors (Lipinski definition) is 0. The van der Waals surface area contributed by atoms with Crippen LogP contribution < -0.4 is 0 Å². The first kappa shape index (κ1) is 16.2. The first-order valence-corrected chi connectivity index (χ1v) is 9.57. The van der Waals surface area contributed by atoms with Crippen LogP contribution in [0, 0.1) is 0 Å². The van der Waals surface area contributed by atoms with Crippen LogP contribution >= 0.6 is 0 Å². The van der Waals surface area contributed by atoms with Crippen LogP contribution in [0.3, 0.4) is 0 Å². The van der Waals surface area contributed by atoms with E-state index in [0.29, 0.717) is 0 Å². The van der Waals surface area contributed by atoms with Gasteiger partial charge in [-0.05, 0) is 12.1 Å². The zero-order valence-corrected chi connectivity index (χ0v) is 12.6. The minimum absolute atomic E-state index is 1.05. The van der Waals surface area contributed by atoms with Crippen LogP contribution in [-0.2, 0) is 4.80 Å². The molecule has 1 radical (unpaired) electrons. The molecule has 0 amide bonds. The summed E-state index contributed by atoms with van der Waals surface area (Å²) in [6.07, 6.45) is 13.0. The Morgan fingerprint density at radius 1 is 0.625 bits per heavy atom. The van der Waals surface area contributed by atoms with Gasteiger partial charge >= 0.3 is 0 Å².